The lowest BCUT2D eigenvalue weighted by Crippen LogP contribution is -2.16. The molecular formula is C17H26N2O3. The van der Waals surface area contributed by atoms with Gasteiger partial charge >= 0.3 is 0 Å². The summed E-state index contributed by atoms with van der Waals surface area (Å²) in [5.41, 5.74) is 2.99. The molecule has 0 aliphatic rings. The molecule has 122 valence electrons. The van der Waals surface area contributed by atoms with Gasteiger partial charge in [0.1, 0.15) is 0 Å². The largest absolute Gasteiger partial charge is 0.504 e. The highest BCUT2D eigenvalue weighted by Crippen LogP contribution is 2.28. The minimum atomic E-state index is -0.104. The zero-order valence-electron chi connectivity index (χ0n) is 13.5. The van der Waals surface area contributed by atoms with E-state index in [9.17, 15) is 9.90 Å². The maximum absolute atomic E-state index is 11.6. The Bertz CT molecular complexity index is 487. The van der Waals surface area contributed by atoms with Crippen LogP contribution in [0.2, 0.25) is 0 Å². The van der Waals surface area contributed by atoms with E-state index in [1.165, 1.54) is 25.5 Å². The van der Waals surface area contributed by atoms with E-state index < -0.39 is 0 Å². The quantitative estimate of drug-likeness (QED) is 0.394. The van der Waals surface area contributed by atoms with Crippen LogP contribution in [0, 0.1) is 0 Å². The smallest absolute Gasteiger partial charge is 0.240 e. The van der Waals surface area contributed by atoms with Crippen LogP contribution in [0.25, 0.3) is 0 Å². The van der Waals surface area contributed by atoms with Gasteiger partial charge in [0.25, 0.3) is 0 Å². The molecule has 5 heteroatoms. The molecule has 0 unspecified atom stereocenters. The van der Waals surface area contributed by atoms with E-state index in [2.05, 4.69) is 17.5 Å². The third kappa shape index (κ3) is 6.61. The zero-order valence-corrected chi connectivity index (χ0v) is 13.5. The number of carbonyl (C=O) groups is 1. The Morgan fingerprint density at radius 3 is 2.77 bits per heavy atom. The highest BCUT2D eigenvalue weighted by Gasteiger charge is 2.06. The second-order valence-electron chi connectivity index (χ2n) is 5.08. The summed E-state index contributed by atoms with van der Waals surface area (Å²) in [5.74, 6) is 0.337. The summed E-state index contributed by atoms with van der Waals surface area (Å²) in [6.07, 6.45) is 7.44. The van der Waals surface area contributed by atoms with Crippen LogP contribution in [0.4, 0.5) is 0 Å². The highest BCUT2D eigenvalue weighted by molar-refractivity contribution is 5.86. The number of aromatic hydroxyl groups is 1. The Labute approximate surface area is 132 Å². The standard InChI is InChI=1S/C17H26N2O3/c1-3-5-6-7-8-12-16(20)19-18-13-14-10-9-11-15(17(14)21)22-4-2/h9-11,13,21H,3-8,12H2,1-2H3,(H,19,20)/b18-13+. The van der Waals surface area contributed by atoms with E-state index in [1.807, 2.05) is 6.92 Å². The number of ether oxygens (including phenoxy) is 1. The van der Waals surface area contributed by atoms with Crippen molar-refractivity contribution in [3.8, 4) is 11.5 Å². The molecule has 0 radical (unpaired) electrons. The first kappa shape index (κ1) is 18.0. The average molecular weight is 306 g/mol. The third-order valence-electron chi connectivity index (χ3n) is 3.23. The van der Waals surface area contributed by atoms with Crippen molar-refractivity contribution < 1.29 is 14.6 Å². The number of amides is 1. The molecule has 22 heavy (non-hydrogen) atoms. The van der Waals surface area contributed by atoms with Crippen LogP contribution >= 0.6 is 0 Å². The molecule has 0 saturated carbocycles. The van der Waals surface area contributed by atoms with Gasteiger partial charge in [0.05, 0.1) is 12.8 Å². The number of unbranched alkanes of at least 4 members (excludes halogenated alkanes) is 4. The van der Waals surface area contributed by atoms with Crippen molar-refractivity contribution >= 4 is 12.1 Å². The molecule has 5 nitrogen and oxygen atoms in total. The highest BCUT2D eigenvalue weighted by atomic mass is 16.5. The first-order chi connectivity index (χ1) is 10.7. The fraction of sp³-hybridized carbons (Fsp3) is 0.529. The lowest BCUT2D eigenvalue weighted by molar-refractivity contribution is -0.121. The van der Waals surface area contributed by atoms with E-state index in [0.29, 0.717) is 24.3 Å². The molecule has 2 N–H and O–H groups in total. The van der Waals surface area contributed by atoms with Crippen molar-refractivity contribution in [2.75, 3.05) is 6.61 Å². The molecule has 0 atom stereocenters. The SMILES string of the molecule is CCCCCCCC(=O)N/N=C/c1cccc(OCC)c1O. The summed E-state index contributed by atoms with van der Waals surface area (Å²) in [5, 5.41) is 13.9. The predicted molar refractivity (Wildman–Crippen MR) is 88.4 cm³/mol. The van der Waals surface area contributed by atoms with Crippen molar-refractivity contribution in [1.29, 1.82) is 0 Å². The van der Waals surface area contributed by atoms with Gasteiger partial charge in [-0.3, -0.25) is 4.79 Å². The Balaban J connectivity index is 2.39. The van der Waals surface area contributed by atoms with Gasteiger partial charge in [-0.05, 0) is 25.5 Å². The first-order valence-electron chi connectivity index (χ1n) is 7.95. The number of nitrogens with zero attached hydrogens (tertiary/aromatic N) is 1. The lowest BCUT2D eigenvalue weighted by Gasteiger charge is -2.07. The number of nitrogens with one attached hydrogen (secondary N) is 1. The maximum atomic E-state index is 11.6. The van der Waals surface area contributed by atoms with E-state index in [1.54, 1.807) is 18.2 Å². The van der Waals surface area contributed by atoms with E-state index >= 15 is 0 Å². The molecule has 0 saturated heterocycles. The van der Waals surface area contributed by atoms with Gasteiger partial charge in [-0.2, -0.15) is 5.10 Å². The Hall–Kier alpha value is -2.04. The minimum absolute atomic E-state index is 0.0296. The summed E-state index contributed by atoms with van der Waals surface area (Å²) in [4.78, 5) is 11.6. The van der Waals surface area contributed by atoms with Crippen LogP contribution in [0.5, 0.6) is 11.5 Å². The lowest BCUT2D eigenvalue weighted by atomic mass is 10.1. The third-order valence-corrected chi connectivity index (χ3v) is 3.23. The van der Waals surface area contributed by atoms with Gasteiger partial charge in [-0.25, -0.2) is 5.43 Å². The predicted octanol–water partition coefficient (Wildman–Crippen LogP) is 3.60. The van der Waals surface area contributed by atoms with Crippen LogP contribution in [-0.4, -0.2) is 23.8 Å². The van der Waals surface area contributed by atoms with Gasteiger partial charge in [-0.15, -0.1) is 0 Å². The molecule has 0 heterocycles. The Morgan fingerprint density at radius 2 is 2.05 bits per heavy atom. The van der Waals surface area contributed by atoms with Gasteiger partial charge in [0.2, 0.25) is 5.91 Å². The molecule has 0 spiro atoms. The van der Waals surface area contributed by atoms with Crippen LogP contribution in [0.15, 0.2) is 23.3 Å². The normalized spacial score (nSPS) is 10.8. The Kier molecular flexibility index (Phi) is 8.72. The number of hydrogen-bond acceptors (Lipinski definition) is 4. The molecular weight excluding hydrogens is 280 g/mol. The van der Waals surface area contributed by atoms with Crippen LogP contribution in [0.3, 0.4) is 0 Å². The van der Waals surface area contributed by atoms with Gasteiger partial charge in [0.15, 0.2) is 11.5 Å². The summed E-state index contributed by atoms with van der Waals surface area (Å²) >= 11 is 0. The van der Waals surface area contributed by atoms with Crippen molar-refractivity contribution in [2.24, 2.45) is 5.10 Å². The summed E-state index contributed by atoms with van der Waals surface area (Å²) < 4.78 is 5.29. The van der Waals surface area contributed by atoms with E-state index in [0.717, 1.165) is 12.8 Å². The van der Waals surface area contributed by atoms with Gasteiger partial charge < -0.3 is 9.84 Å². The summed E-state index contributed by atoms with van der Waals surface area (Å²) in [6, 6.07) is 5.16. The molecule has 0 fully saturated rings. The Morgan fingerprint density at radius 1 is 1.27 bits per heavy atom. The van der Waals surface area contributed by atoms with Crippen molar-refractivity contribution in [3.63, 3.8) is 0 Å². The summed E-state index contributed by atoms with van der Waals surface area (Å²) in [6.45, 7) is 4.49. The number of phenols is 1. The first-order valence-corrected chi connectivity index (χ1v) is 7.95. The number of benzene rings is 1. The fourth-order valence-electron chi connectivity index (χ4n) is 2.03. The number of para-hydroxylation sites is 1. The number of phenolic OH excluding ortho intramolecular Hbond substituents is 1. The van der Waals surface area contributed by atoms with Crippen molar-refractivity contribution in [3.05, 3.63) is 23.8 Å². The van der Waals surface area contributed by atoms with Crippen LogP contribution in [0.1, 0.15) is 57.9 Å². The number of rotatable bonds is 10. The fourth-order valence-corrected chi connectivity index (χ4v) is 2.03. The number of carbonyl (C=O) groups excluding carboxylic acids is 1. The van der Waals surface area contributed by atoms with Crippen molar-refractivity contribution in [1.82, 2.24) is 5.43 Å². The molecule has 1 amide bonds. The van der Waals surface area contributed by atoms with Crippen LogP contribution in [-0.2, 0) is 4.79 Å². The van der Waals surface area contributed by atoms with E-state index in [-0.39, 0.29) is 11.7 Å². The van der Waals surface area contributed by atoms with E-state index in [4.69, 9.17) is 4.74 Å². The van der Waals surface area contributed by atoms with Gasteiger partial charge in [0, 0.05) is 12.0 Å². The monoisotopic (exact) mass is 306 g/mol. The van der Waals surface area contributed by atoms with Gasteiger partial charge in [-0.1, -0.05) is 38.7 Å². The molecule has 0 bridgehead atoms. The molecule has 1 rings (SSSR count). The van der Waals surface area contributed by atoms with Crippen LogP contribution < -0.4 is 10.2 Å². The molecule has 0 aromatic heterocycles. The molecule has 1 aromatic rings. The molecule has 0 aliphatic heterocycles. The second-order valence-corrected chi connectivity index (χ2v) is 5.08. The molecule has 0 aliphatic carbocycles. The number of hydrazone groups is 1. The topological polar surface area (TPSA) is 70.9 Å². The van der Waals surface area contributed by atoms with Crippen molar-refractivity contribution in [2.45, 2.75) is 52.4 Å². The zero-order chi connectivity index (χ0) is 16.2. The second kappa shape index (κ2) is 10.7. The minimum Gasteiger partial charge on any atom is -0.504 e. The molecule has 1 aromatic carbocycles. The maximum Gasteiger partial charge on any atom is 0.240 e. The average Bonchev–Trinajstić information content (AvgIpc) is 2.51. The number of hydrogen-bond donors (Lipinski definition) is 2. The summed E-state index contributed by atoms with van der Waals surface area (Å²) in [7, 11) is 0.